The Kier molecular flexibility index (Phi) is 7.71. The van der Waals surface area contributed by atoms with E-state index in [4.69, 9.17) is 5.73 Å². The van der Waals surface area contributed by atoms with Gasteiger partial charge in [-0.25, -0.2) is 0 Å². The van der Waals surface area contributed by atoms with Crippen molar-refractivity contribution in [2.24, 2.45) is 5.73 Å². The molecule has 7 heteroatoms. The highest BCUT2D eigenvalue weighted by Gasteiger charge is 2.19. The van der Waals surface area contributed by atoms with E-state index < -0.39 is 0 Å². The summed E-state index contributed by atoms with van der Waals surface area (Å²) in [5.74, 6) is 0.101. The van der Waals surface area contributed by atoms with Crippen LogP contribution >= 0.6 is 23.7 Å². The van der Waals surface area contributed by atoms with E-state index in [2.05, 4.69) is 5.32 Å². The summed E-state index contributed by atoms with van der Waals surface area (Å²) in [7, 11) is 0. The van der Waals surface area contributed by atoms with Gasteiger partial charge in [0.1, 0.15) is 0 Å². The van der Waals surface area contributed by atoms with Crippen LogP contribution in [0, 0.1) is 0 Å². The van der Waals surface area contributed by atoms with Crippen molar-refractivity contribution >= 4 is 35.6 Å². The second-order valence-electron chi connectivity index (χ2n) is 5.09. The third-order valence-electron chi connectivity index (χ3n) is 3.53. The molecule has 5 nitrogen and oxygen atoms in total. The Hall–Kier alpha value is -1.11. The number of amides is 2. The molecule has 0 aliphatic carbocycles. The maximum Gasteiger partial charge on any atom is 0.252 e. The number of nitrogens with one attached hydrogen (secondary N) is 1. The second-order valence-corrected chi connectivity index (χ2v) is 5.87. The molecule has 118 valence electrons. The van der Waals surface area contributed by atoms with Crippen LogP contribution in [0.2, 0.25) is 0 Å². The zero-order valence-corrected chi connectivity index (χ0v) is 13.5. The number of rotatable bonds is 5. The average molecular weight is 332 g/mol. The number of halogens is 1. The first-order chi connectivity index (χ1) is 9.66. The minimum atomic E-state index is -0.0670. The monoisotopic (exact) mass is 331 g/mol. The summed E-state index contributed by atoms with van der Waals surface area (Å²) in [5, 5.41) is 6.52. The molecule has 0 aromatic carbocycles. The Morgan fingerprint density at radius 2 is 2.10 bits per heavy atom. The smallest absolute Gasteiger partial charge is 0.252 e. The number of thiophene rings is 1. The zero-order chi connectivity index (χ0) is 14.4. The van der Waals surface area contributed by atoms with Crippen LogP contribution in [0.1, 0.15) is 36.0 Å². The number of likely N-dealkylation sites (tertiary alicyclic amines) is 1. The van der Waals surface area contributed by atoms with E-state index >= 15 is 0 Å². The molecule has 2 amide bonds. The van der Waals surface area contributed by atoms with Gasteiger partial charge in [0.25, 0.3) is 5.91 Å². The molecule has 2 rings (SSSR count). The van der Waals surface area contributed by atoms with Crippen LogP contribution in [-0.4, -0.2) is 42.4 Å². The fourth-order valence-corrected chi connectivity index (χ4v) is 2.88. The highest BCUT2D eigenvalue weighted by molar-refractivity contribution is 7.08. The van der Waals surface area contributed by atoms with Gasteiger partial charge in [-0.15, -0.1) is 12.4 Å². The highest BCUT2D eigenvalue weighted by atomic mass is 35.5. The van der Waals surface area contributed by atoms with Crippen LogP contribution in [0.15, 0.2) is 16.8 Å². The molecule has 1 aromatic heterocycles. The number of nitrogens with zero attached hydrogens (tertiary/aromatic N) is 1. The van der Waals surface area contributed by atoms with Crippen molar-refractivity contribution in [1.29, 1.82) is 0 Å². The topological polar surface area (TPSA) is 75.4 Å². The van der Waals surface area contributed by atoms with Crippen LogP contribution in [-0.2, 0) is 4.79 Å². The van der Waals surface area contributed by atoms with Gasteiger partial charge in [-0.1, -0.05) is 0 Å². The highest BCUT2D eigenvalue weighted by Crippen LogP contribution is 2.10. The zero-order valence-electron chi connectivity index (χ0n) is 11.9. The van der Waals surface area contributed by atoms with Crippen LogP contribution in [0.3, 0.4) is 0 Å². The Bertz CT molecular complexity index is 445. The molecular weight excluding hydrogens is 310 g/mol. The molecule has 1 aliphatic heterocycles. The van der Waals surface area contributed by atoms with E-state index in [0.29, 0.717) is 24.9 Å². The molecule has 2 heterocycles. The minimum Gasteiger partial charge on any atom is -0.352 e. The van der Waals surface area contributed by atoms with Crippen molar-refractivity contribution in [3.05, 3.63) is 22.4 Å². The van der Waals surface area contributed by atoms with Gasteiger partial charge in [-0.2, -0.15) is 11.3 Å². The third-order valence-corrected chi connectivity index (χ3v) is 4.21. The lowest BCUT2D eigenvalue weighted by molar-refractivity contribution is -0.132. The average Bonchev–Trinajstić information content (AvgIpc) is 2.98. The van der Waals surface area contributed by atoms with Gasteiger partial charge in [-0.05, 0) is 30.7 Å². The quantitative estimate of drug-likeness (QED) is 0.805. The molecule has 0 spiro atoms. The van der Waals surface area contributed by atoms with Crippen LogP contribution in [0.4, 0.5) is 0 Å². The lowest BCUT2D eigenvalue weighted by Crippen LogP contribution is -2.43. The van der Waals surface area contributed by atoms with Gasteiger partial charge in [0.2, 0.25) is 5.91 Å². The largest absolute Gasteiger partial charge is 0.352 e. The van der Waals surface area contributed by atoms with Crippen molar-refractivity contribution in [2.75, 3.05) is 19.6 Å². The van der Waals surface area contributed by atoms with Crippen LogP contribution in [0.5, 0.6) is 0 Å². The SMILES string of the molecule is Cl.NC1CCN(C(=O)CCCNC(=O)c2ccsc2)CC1. The molecule has 1 aliphatic rings. The van der Waals surface area contributed by atoms with Crippen LogP contribution in [0.25, 0.3) is 0 Å². The maximum atomic E-state index is 12.0. The van der Waals surface area contributed by atoms with Crippen molar-refractivity contribution in [1.82, 2.24) is 10.2 Å². The number of carbonyl (C=O) groups excluding carboxylic acids is 2. The number of hydrogen-bond acceptors (Lipinski definition) is 4. The Balaban J connectivity index is 0.00000220. The Labute approximate surface area is 135 Å². The van der Waals surface area contributed by atoms with E-state index in [0.717, 1.165) is 25.9 Å². The molecule has 21 heavy (non-hydrogen) atoms. The molecule has 0 atom stereocenters. The summed E-state index contributed by atoms with van der Waals surface area (Å²) >= 11 is 1.50. The minimum absolute atomic E-state index is 0. The fourth-order valence-electron chi connectivity index (χ4n) is 2.24. The van der Waals surface area contributed by atoms with Gasteiger partial charge < -0.3 is 16.0 Å². The molecule has 0 unspecified atom stereocenters. The van der Waals surface area contributed by atoms with E-state index in [1.807, 2.05) is 15.7 Å². The molecule has 1 saturated heterocycles. The lowest BCUT2D eigenvalue weighted by atomic mass is 10.1. The molecule has 0 radical (unpaired) electrons. The predicted octanol–water partition coefficient (Wildman–Crippen LogP) is 1.63. The molecule has 1 fully saturated rings. The van der Waals surface area contributed by atoms with E-state index in [9.17, 15) is 9.59 Å². The Morgan fingerprint density at radius 1 is 1.38 bits per heavy atom. The summed E-state index contributed by atoms with van der Waals surface area (Å²) in [6.45, 7) is 2.07. The second kappa shape index (κ2) is 9.02. The summed E-state index contributed by atoms with van der Waals surface area (Å²) in [5.41, 5.74) is 6.50. The fraction of sp³-hybridized carbons (Fsp3) is 0.571. The van der Waals surface area contributed by atoms with Gasteiger partial charge >= 0.3 is 0 Å². The summed E-state index contributed by atoms with van der Waals surface area (Å²) in [6.07, 6.45) is 2.94. The number of piperidine rings is 1. The molecular formula is C14H22ClN3O2S. The normalized spacial score (nSPS) is 15.4. The molecule has 1 aromatic rings. The third kappa shape index (κ3) is 5.65. The van der Waals surface area contributed by atoms with Crippen LogP contribution < -0.4 is 11.1 Å². The number of nitrogens with two attached hydrogens (primary N) is 1. The van der Waals surface area contributed by atoms with Gasteiger partial charge in [-0.3, -0.25) is 9.59 Å². The summed E-state index contributed by atoms with van der Waals surface area (Å²) in [4.78, 5) is 25.5. The molecule has 0 bridgehead atoms. The van der Waals surface area contributed by atoms with E-state index in [1.54, 1.807) is 6.07 Å². The van der Waals surface area contributed by atoms with Crippen molar-refractivity contribution in [3.63, 3.8) is 0 Å². The van der Waals surface area contributed by atoms with Crippen molar-refractivity contribution in [2.45, 2.75) is 31.7 Å². The van der Waals surface area contributed by atoms with Gasteiger partial charge in [0.15, 0.2) is 0 Å². The van der Waals surface area contributed by atoms with E-state index in [1.165, 1.54) is 11.3 Å². The van der Waals surface area contributed by atoms with Crippen molar-refractivity contribution < 1.29 is 9.59 Å². The van der Waals surface area contributed by atoms with Gasteiger partial charge in [0.05, 0.1) is 0 Å². The van der Waals surface area contributed by atoms with Crippen molar-refractivity contribution in [3.8, 4) is 0 Å². The molecule has 0 saturated carbocycles. The number of carbonyl (C=O) groups is 2. The first kappa shape index (κ1) is 17.9. The first-order valence-electron chi connectivity index (χ1n) is 7.00. The predicted molar refractivity (Wildman–Crippen MR) is 86.9 cm³/mol. The maximum absolute atomic E-state index is 12.0. The number of hydrogen-bond donors (Lipinski definition) is 2. The first-order valence-corrected chi connectivity index (χ1v) is 7.95. The molecule has 3 N–H and O–H groups in total. The standard InChI is InChI=1S/C14H21N3O2S.ClH/c15-12-3-7-17(8-4-12)13(18)2-1-6-16-14(19)11-5-9-20-10-11;/h5,9-10,12H,1-4,6-8,15H2,(H,16,19);1H. The van der Waals surface area contributed by atoms with E-state index in [-0.39, 0.29) is 30.3 Å². The summed E-state index contributed by atoms with van der Waals surface area (Å²) in [6, 6.07) is 2.03. The lowest BCUT2D eigenvalue weighted by Gasteiger charge is -2.30. The summed E-state index contributed by atoms with van der Waals surface area (Å²) < 4.78 is 0. The van der Waals surface area contributed by atoms with Gasteiger partial charge in [0, 0.05) is 43.0 Å². The Morgan fingerprint density at radius 3 is 2.71 bits per heavy atom.